The molecule has 0 radical (unpaired) electrons. The third-order valence-corrected chi connectivity index (χ3v) is 3.40. The standard InChI is InChI=1S/C18H18N2O3/c1-14(18(21)22-2)12-20(13-15-7-4-3-5-8-15)16(11-19)17-9-6-10-23-17/h3-10,16H,1,12-13H2,2H3. The van der Waals surface area contributed by atoms with E-state index in [1.165, 1.54) is 13.4 Å². The van der Waals surface area contributed by atoms with Gasteiger partial charge >= 0.3 is 5.97 Å². The molecule has 5 nitrogen and oxygen atoms in total. The molecule has 5 heteroatoms. The highest BCUT2D eigenvalue weighted by Crippen LogP contribution is 2.23. The second kappa shape index (κ2) is 7.97. The van der Waals surface area contributed by atoms with Gasteiger partial charge in [0.25, 0.3) is 0 Å². The number of hydrogen-bond acceptors (Lipinski definition) is 5. The van der Waals surface area contributed by atoms with Crippen LogP contribution < -0.4 is 0 Å². The highest BCUT2D eigenvalue weighted by molar-refractivity contribution is 5.88. The van der Waals surface area contributed by atoms with Crippen molar-refractivity contribution in [1.29, 1.82) is 5.26 Å². The fourth-order valence-electron chi connectivity index (χ4n) is 2.28. The fourth-order valence-corrected chi connectivity index (χ4v) is 2.28. The summed E-state index contributed by atoms with van der Waals surface area (Å²) in [6, 6.07) is 14.8. The van der Waals surface area contributed by atoms with Gasteiger partial charge in [0.15, 0.2) is 6.04 Å². The van der Waals surface area contributed by atoms with Crippen molar-refractivity contribution < 1.29 is 13.9 Å². The summed E-state index contributed by atoms with van der Waals surface area (Å²) in [4.78, 5) is 13.5. The van der Waals surface area contributed by atoms with Gasteiger partial charge in [-0.25, -0.2) is 4.79 Å². The van der Waals surface area contributed by atoms with E-state index in [2.05, 4.69) is 12.6 Å². The Labute approximate surface area is 135 Å². The van der Waals surface area contributed by atoms with E-state index < -0.39 is 12.0 Å². The van der Waals surface area contributed by atoms with Crippen LogP contribution in [0.25, 0.3) is 0 Å². The number of nitriles is 1. The normalized spacial score (nSPS) is 11.7. The Hall–Kier alpha value is -2.84. The van der Waals surface area contributed by atoms with Crippen LogP contribution in [0, 0.1) is 11.3 Å². The van der Waals surface area contributed by atoms with Crippen LogP contribution in [0.4, 0.5) is 0 Å². The number of carbonyl (C=O) groups excluding carboxylic acids is 1. The Morgan fingerprint density at radius 1 is 1.35 bits per heavy atom. The molecule has 2 rings (SSSR count). The molecule has 1 unspecified atom stereocenters. The first kappa shape index (κ1) is 16.5. The van der Waals surface area contributed by atoms with Crippen LogP contribution in [0.5, 0.6) is 0 Å². The maximum absolute atomic E-state index is 11.6. The Kier molecular flexibility index (Phi) is 5.73. The Morgan fingerprint density at radius 2 is 2.09 bits per heavy atom. The lowest BCUT2D eigenvalue weighted by molar-refractivity contribution is -0.136. The molecule has 1 atom stereocenters. The minimum absolute atomic E-state index is 0.209. The number of rotatable bonds is 7. The predicted octanol–water partition coefficient (Wildman–Crippen LogP) is 3.08. The number of benzene rings is 1. The number of furan rings is 1. The van der Waals surface area contributed by atoms with Gasteiger partial charge < -0.3 is 9.15 Å². The van der Waals surface area contributed by atoms with Gasteiger partial charge in [-0.05, 0) is 17.7 Å². The summed E-state index contributed by atoms with van der Waals surface area (Å²) in [5.41, 5.74) is 1.31. The molecule has 0 aliphatic rings. The first-order valence-corrected chi connectivity index (χ1v) is 7.12. The summed E-state index contributed by atoms with van der Waals surface area (Å²) in [6.07, 6.45) is 1.52. The lowest BCUT2D eigenvalue weighted by Gasteiger charge is -2.26. The average molecular weight is 310 g/mol. The zero-order valence-electron chi connectivity index (χ0n) is 12.9. The summed E-state index contributed by atoms with van der Waals surface area (Å²) in [7, 11) is 1.31. The molecule has 2 aromatic rings. The molecule has 1 aromatic carbocycles. The monoisotopic (exact) mass is 310 g/mol. The summed E-state index contributed by atoms with van der Waals surface area (Å²) in [5.74, 6) is 0.0419. The molecule has 118 valence electrons. The van der Waals surface area contributed by atoms with E-state index in [1.807, 2.05) is 35.2 Å². The van der Waals surface area contributed by atoms with Crippen LogP contribution in [-0.2, 0) is 16.1 Å². The molecule has 0 spiro atoms. The van der Waals surface area contributed by atoms with Crippen molar-refractivity contribution in [2.75, 3.05) is 13.7 Å². The van der Waals surface area contributed by atoms with E-state index in [9.17, 15) is 10.1 Å². The number of carbonyl (C=O) groups is 1. The SMILES string of the molecule is C=C(CN(Cc1ccccc1)C(C#N)c1ccco1)C(=O)OC. The van der Waals surface area contributed by atoms with E-state index in [0.29, 0.717) is 12.3 Å². The van der Waals surface area contributed by atoms with Crippen molar-refractivity contribution in [2.45, 2.75) is 12.6 Å². The maximum Gasteiger partial charge on any atom is 0.334 e. The van der Waals surface area contributed by atoms with E-state index >= 15 is 0 Å². The van der Waals surface area contributed by atoms with Gasteiger partial charge in [0, 0.05) is 18.7 Å². The molecular weight excluding hydrogens is 292 g/mol. The van der Waals surface area contributed by atoms with E-state index in [-0.39, 0.29) is 12.1 Å². The molecule has 0 fully saturated rings. The van der Waals surface area contributed by atoms with Gasteiger partial charge in [-0.15, -0.1) is 0 Å². The van der Waals surface area contributed by atoms with Crippen molar-refractivity contribution in [3.05, 3.63) is 72.2 Å². The van der Waals surface area contributed by atoms with Gasteiger partial charge in [-0.2, -0.15) is 5.26 Å². The molecule has 0 aliphatic carbocycles. The number of esters is 1. The van der Waals surface area contributed by atoms with Gasteiger partial charge in [0.05, 0.1) is 19.4 Å². The van der Waals surface area contributed by atoms with Crippen molar-refractivity contribution in [3.63, 3.8) is 0 Å². The first-order chi connectivity index (χ1) is 11.2. The quantitative estimate of drug-likeness (QED) is 0.581. The summed E-state index contributed by atoms with van der Waals surface area (Å²) in [6.45, 7) is 4.44. The number of hydrogen-bond donors (Lipinski definition) is 0. The molecule has 0 saturated carbocycles. The number of nitrogens with zero attached hydrogens (tertiary/aromatic N) is 2. The van der Waals surface area contributed by atoms with E-state index in [1.54, 1.807) is 12.1 Å². The highest BCUT2D eigenvalue weighted by Gasteiger charge is 2.25. The summed E-state index contributed by atoms with van der Waals surface area (Å²) in [5, 5.41) is 9.56. The summed E-state index contributed by atoms with van der Waals surface area (Å²) >= 11 is 0. The van der Waals surface area contributed by atoms with Gasteiger partial charge in [0.2, 0.25) is 0 Å². The van der Waals surface area contributed by atoms with Gasteiger partial charge in [-0.1, -0.05) is 36.9 Å². The first-order valence-electron chi connectivity index (χ1n) is 7.12. The van der Waals surface area contributed by atoms with E-state index in [4.69, 9.17) is 9.15 Å². The fraction of sp³-hybridized carbons (Fsp3) is 0.222. The van der Waals surface area contributed by atoms with Crippen LogP contribution in [0.15, 0.2) is 65.3 Å². The Morgan fingerprint density at radius 3 is 2.65 bits per heavy atom. The highest BCUT2D eigenvalue weighted by atomic mass is 16.5. The second-order valence-corrected chi connectivity index (χ2v) is 5.03. The molecule has 23 heavy (non-hydrogen) atoms. The van der Waals surface area contributed by atoms with Gasteiger partial charge in [0.1, 0.15) is 5.76 Å². The molecule has 0 saturated heterocycles. The maximum atomic E-state index is 11.6. The molecule has 0 N–H and O–H groups in total. The largest absolute Gasteiger partial charge is 0.467 e. The smallest absolute Gasteiger partial charge is 0.334 e. The average Bonchev–Trinajstić information content (AvgIpc) is 3.09. The van der Waals surface area contributed by atoms with Crippen LogP contribution >= 0.6 is 0 Å². The minimum Gasteiger partial charge on any atom is -0.467 e. The van der Waals surface area contributed by atoms with Crippen LogP contribution in [0.1, 0.15) is 17.4 Å². The van der Waals surface area contributed by atoms with E-state index in [0.717, 1.165) is 5.56 Å². The zero-order chi connectivity index (χ0) is 16.7. The lowest BCUT2D eigenvalue weighted by atomic mass is 10.1. The molecule has 0 bridgehead atoms. The number of methoxy groups -OCH3 is 1. The van der Waals surface area contributed by atoms with Crippen molar-refractivity contribution in [2.24, 2.45) is 0 Å². The van der Waals surface area contributed by atoms with Gasteiger partial charge in [-0.3, -0.25) is 4.90 Å². The van der Waals surface area contributed by atoms with Crippen LogP contribution in [0.3, 0.4) is 0 Å². The summed E-state index contributed by atoms with van der Waals surface area (Å²) < 4.78 is 10.1. The zero-order valence-corrected chi connectivity index (χ0v) is 12.9. The van der Waals surface area contributed by atoms with Crippen molar-refractivity contribution in [3.8, 4) is 6.07 Å². The molecule has 0 aliphatic heterocycles. The molecule has 0 amide bonds. The topological polar surface area (TPSA) is 66.5 Å². The van der Waals surface area contributed by atoms with Crippen molar-refractivity contribution >= 4 is 5.97 Å². The minimum atomic E-state index is -0.619. The second-order valence-electron chi connectivity index (χ2n) is 5.03. The van der Waals surface area contributed by atoms with Crippen LogP contribution in [0.2, 0.25) is 0 Å². The molecule has 1 aromatic heterocycles. The number of ether oxygens (including phenoxy) is 1. The lowest BCUT2D eigenvalue weighted by Crippen LogP contribution is -2.31. The third-order valence-electron chi connectivity index (χ3n) is 3.40. The van der Waals surface area contributed by atoms with Crippen LogP contribution in [-0.4, -0.2) is 24.5 Å². The molecule has 1 heterocycles. The third kappa shape index (κ3) is 4.31. The predicted molar refractivity (Wildman–Crippen MR) is 85.1 cm³/mol. The Balaban J connectivity index is 2.25. The van der Waals surface area contributed by atoms with Crippen molar-refractivity contribution in [1.82, 2.24) is 4.90 Å². The molecular formula is C18H18N2O3. The Bertz CT molecular complexity index is 687.